The molecule has 6 heteroatoms. The van der Waals surface area contributed by atoms with Crippen molar-refractivity contribution in [2.75, 3.05) is 23.7 Å². The third-order valence-electron chi connectivity index (χ3n) is 2.41. The SMILES string of the molecule is CN(c1cc2c(cc1N)OCC2)S(=O)O. The number of anilines is 2. The lowest BCUT2D eigenvalue weighted by Crippen LogP contribution is -2.20. The molecule has 3 N–H and O–H groups in total. The first-order valence-corrected chi connectivity index (χ1v) is 5.56. The van der Waals surface area contributed by atoms with Gasteiger partial charge in [0.2, 0.25) is 0 Å². The maximum Gasteiger partial charge on any atom is 0.261 e. The fourth-order valence-corrected chi connectivity index (χ4v) is 1.91. The van der Waals surface area contributed by atoms with Gasteiger partial charge in [-0.15, -0.1) is 0 Å². The Morgan fingerprint density at radius 2 is 2.33 bits per heavy atom. The Morgan fingerprint density at radius 1 is 1.60 bits per heavy atom. The maximum atomic E-state index is 10.9. The highest BCUT2D eigenvalue weighted by Crippen LogP contribution is 2.34. The second kappa shape index (κ2) is 3.71. The van der Waals surface area contributed by atoms with Crippen molar-refractivity contribution in [2.24, 2.45) is 0 Å². The molecule has 15 heavy (non-hydrogen) atoms. The minimum Gasteiger partial charge on any atom is -0.493 e. The second-order valence-corrected chi connectivity index (χ2v) is 4.35. The molecule has 1 atom stereocenters. The van der Waals surface area contributed by atoms with E-state index in [1.165, 1.54) is 11.4 Å². The predicted octanol–water partition coefficient (Wildman–Crippen LogP) is 0.777. The summed E-state index contributed by atoms with van der Waals surface area (Å²) in [6, 6.07) is 3.49. The molecule has 1 aliphatic heterocycles. The molecule has 1 unspecified atom stereocenters. The summed E-state index contributed by atoms with van der Waals surface area (Å²) in [6.45, 7) is 0.643. The zero-order chi connectivity index (χ0) is 11.0. The Hall–Kier alpha value is -1.27. The number of ether oxygens (including phenoxy) is 1. The highest BCUT2D eigenvalue weighted by atomic mass is 32.2. The Kier molecular flexibility index (Phi) is 2.54. The third-order valence-corrected chi connectivity index (χ3v) is 3.08. The van der Waals surface area contributed by atoms with E-state index in [1.54, 1.807) is 12.1 Å². The van der Waals surface area contributed by atoms with Gasteiger partial charge in [0.1, 0.15) is 5.75 Å². The highest BCUT2D eigenvalue weighted by Gasteiger charge is 2.18. The minimum atomic E-state index is -2.06. The molecule has 0 radical (unpaired) electrons. The van der Waals surface area contributed by atoms with Crippen molar-refractivity contribution in [1.82, 2.24) is 0 Å². The van der Waals surface area contributed by atoms with Crippen LogP contribution in [-0.4, -0.2) is 22.4 Å². The maximum absolute atomic E-state index is 10.9. The minimum absolute atomic E-state index is 0.445. The van der Waals surface area contributed by atoms with Crippen molar-refractivity contribution >= 4 is 22.6 Å². The summed E-state index contributed by atoms with van der Waals surface area (Å²) >= 11 is -2.06. The van der Waals surface area contributed by atoms with E-state index in [0.29, 0.717) is 18.0 Å². The number of hydrogen-bond donors (Lipinski definition) is 2. The number of rotatable bonds is 2. The molecule has 1 aromatic rings. The number of hydrogen-bond acceptors (Lipinski definition) is 3. The van der Waals surface area contributed by atoms with Gasteiger partial charge in [-0.3, -0.25) is 8.86 Å². The van der Waals surface area contributed by atoms with Gasteiger partial charge in [-0.05, 0) is 11.6 Å². The van der Waals surface area contributed by atoms with Gasteiger partial charge >= 0.3 is 0 Å². The number of nitrogens with zero attached hydrogens (tertiary/aromatic N) is 1. The van der Waals surface area contributed by atoms with Crippen LogP contribution in [0.5, 0.6) is 5.75 Å². The monoisotopic (exact) mass is 228 g/mol. The molecule has 1 aliphatic rings. The van der Waals surface area contributed by atoms with Crippen LogP contribution >= 0.6 is 0 Å². The molecule has 82 valence electrons. The van der Waals surface area contributed by atoms with Crippen LogP contribution in [0.3, 0.4) is 0 Å². The van der Waals surface area contributed by atoms with E-state index in [9.17, 15) is 4.21 Å². The van der Waals surface area contributed by atoms with Gasteiger partial charge < -0.3 is 10.5 Å². The fraction of sp³-hybridized carbons (Fsp3) is 0.333. The van der Waals surface area contributed by atoms with Crippen LogP contribution < -0.4 is 14.8 Å². The van der Waals surface area contributed by atoms with Crippen molar-refractivity contribution < 1.29 is 13.5 Å². The smallest absolute Gasteiger partial charge is 0.261 e. The van der Waals surface area contributed by atoms with Gasteiger partial charge in [-0.25, -0.2) is 4.21 Å². The van der Waals surface area contributed by atoms with Crippen molar-refractivity contribution in [2.45, 2.75) is 6.42 Å². The highest BCUT2D eigenvalue weighted by molar-refractivity contribution is 7.80. The van der Waals surface area contributed by atoms with E-state index in [4.69, 9.17) is 15.0 Å². The van der Waals surface area contributed by atoms with Crippen molar-refractivity contribution in [3.05, 3.63) is 17.7 Å². The lowest BCUT2D eigenvalue weighted by atomic mass is 10.1. The summed E-state index contributed by atoms with van der Waals surface area (Å²) in [5.41, 5.74) is 7.79. The van der Waals surface area contributed by atoms with Crippen molar-refractivity contribution in [1.29, 1.82) is 0 Å². The van der Waals surface area contributed by atoms with Crippen LogP contribution in [0.25, 0.3) is 0 Å². The molecule has 0 bridgehead atoms. The van der Waals surface area contributed by atoms with Crippen LogP contribution in [0.2, 0.25) is 0 Å². The normalized spacial score (nSPS) is 15.6. The number of nitrogen functional groups attached to an aromatic ring is 1. The number of benzene rings is 1. The number of nitrogens with two attached hydrogens (primary N) is 1. The Balaban J connectivity index is 2.44. The Bertz CT molecular complexity index is 422. The fourth-order valence-electron chi connectivity index (χ4n) is 1.58. The molecule has 0 spiro atoms. The second-order valence-electron chi connectivity index (χ2n) is 3.35. The van der Waals surface area contributed by atoms with Crippen LogP contribution in [0.15, 0.2) is 12.1 Å². The topological polar surface area (TPSA) is 75.8 Å². The van der Waals surface area contributed by atoms with E-state index in [0.717, 1.165) is 17.7 Å². The molecule has 1 aromatic carbocycles. The van der Waals surface area contributed by atoms with Gasteiger partial charge in [0, 0.05) is 19.5 Å². The average molecular weight is 228 g/mol. The summed E-state index contributed by atoms with van der Waals surface area (Å²) in [7, 11) is 1.52. The molecule has 0 amide bonds. The first kappa shape index (κ1) is 10.3. The van der Waals surface area contributed by atoms with Crippen LogP contribution in [0.4, 0.5) is 11.4 Å². The predicted molar refractivity (Wildman–Crippen MR) is 59.2 cm³/mol. The molecule has 1 heterocycles. The van der Waals surface area contributed by atoms with E-state index in [2.05, 4.69) is 0 Å². The van der Waals surface area contributed by atoms with Gasteiger partial charge in [0.15, 0.2) is 0 Å². The van der Waals surface area contributed by atoms with E-state index in [1.807, 2.05) is 0 Å². The van der Waals surface area contributed by atoms with Gasteiger partial charge in [0.25, 0.3) is 11.3 Å². The van der Waals surface area contributed by atoms with Crippen molar-refractivity contribution in [3.8, 4) is 5.75 Å². The molecule has 0 saturated heterocycles. The first-order chi connectivity index (χ1) is 7.09. The average Bonchev–Trinajstić information content (AvgIpc) is 2.62. The van der Waals surface area contributed by atoms with Gasteiger partial charge in [0.05, 0.1) is 18.0 Å². The Morgan fingerprint density at radius 3 is 3.00 bits per heavy atom. The summed E-state index contributed by atoms with van der Waals surface area (Å²) in [4.78, 5) is 0. The van der Waals surface area contributed by atoms with Crippen LogP contribution in [0, 0.1) is 0 Å². The molecule has 0 aliphatic carbocycles. The quantitative estimate of drug-likeness (QED) is 0.579. The van der Waals surface area contributed by atoms with Crippen molar-refractivity contribution in [3.63, 3.8) is 0 Å². The summed E-state index contributed by atoms with van der Waals surface area (Å²) in [6.07, 6.45) is 0.814. The zero-order valence-electron chi connectivity index (χ0n) is 8.27. The first-order valence-electron chi connectivity index (χ1n) is 4.49. The van der Waals surface area contributed by atoms with Crippen LogP contribution in [0.1, 0.15) is 5.56 Å². The zero-order valence-corrected chi connectivity index (χ0v) is 9.08. The molecular formula is C9H12N2O3S. The molecule has 2 rings (SSSR count). The molecule has 5 nitrogen and oxygen atoms in total. The largest absolute Gasteiger partial charge is 0.493 e. The summed E-state index contributed by atoms with van der Waals surface area (Å²) in [5, 5.41) is 0. The molecule has 0 saturated carbocycles. The molecule has 0 fully saturated rings. The van der Waals surface area contributed by atoms with Crippen LogP contribution in [-0.2, 0) is 17.7 Å². The third kappa shape index (κ3) is 1.78. The lowest BCUT2D eigenvalue weighted by molar-refractivity contribution is 0.357. The molecular weight excluding hydrogens is 216 g/mol. The van der Waals surface area contributed by atoms with Gasteiger partial charge in [-0.1, -0.05) is 0 Å². The van der Waals surface area contributed by atoms with Gasteiger partial charge in [-0.2, -0.15) is 0 Å². The summed E-state index contributed by atoms with van der Waals surface area (Å²) < 4.78 is 26.4. The van der Waals surface area contributed by atoms with E-state index in [-0.39, 0.29) is 0 Å². The van der Waals surface area contributed by atoms with E-state index < -0.39 is 11.3 Å². The summed E-state index contributed by atoms with van der Waals surface area (Å²) in [5.74, 6) is 0.772. The standard InChI is InChI=1S/C9H12N2O3S/c1-11(15(12)13)8-4-6-2-3-14-9(6)5-7(8)10/h4-5H,2-3,10H2,1H3,(H,12,13). The van der Waals surface area contributed by atoms with E-state index >= 15 is 0 Å². The Labute approximate surface area is 90.2 Å². The molecule has 0 aromatic heterocycles. The lowest BCUT2D eigenvalue weighted by Gasteiger charge is -2.17. The number of fused-ring (bicyclic) bond motifs is 1.